The average molecular weight is 228 g/mol. The number of aliphatic hydroxyl groups is 1. The minimum atomic E-state index is 0.0183. The molecule has 1 heterocycles. The summed E-state index contributed by atoms with van der Waals surface area (Å²) in [7, 11) is 2.17. The van der Waals surface area contributed by atoms with Crippen molar-refractivity contribution in [2.75, 3.05) is 39.8 Å². The Bertz CT molecular complexity index is 206. The van der Waals surface area contributed by atoms with E-state index < -0.39 is 0 Å². The quantitative estimate of drug-likeness (QED) is 0.745. The third-order valence-corrected chi connectivity index (χ3v) is 3.55. The van der Waals surface area contributed by atoms with Crippen LogP contribution in [-0.2, 0) is 0 Å². The average Bonchev–Trinajstić information content (AvgIpc) is 2.64. The van der Waals surface area contributed by atoms with Crippen molar-refractivity contribution < 1.29 is 5.11 Å². The summed E-state index contributed by atoms with van der Waals surface area (Å²) in [6, 6.07) is 0.726. The van der Waals surface area contributed by atoms with Gasteiger partial charge in [0.1, 0.15) is 0 Å². The molecule has 0 radical (unpaired) electrons. The molecule has 1 fully saturated rings. The SMILES string of the molecule is CCN1CCCC1CN(C)CC(C)(C)CO. The highest BCUT2D eigenvalue weighted by atomic mass is 16.3. The van der Waals surface area contributed by atoms with Crippen molar-refractivity contribution in [3.8, 4) is 0 Å². The standard InChI is InChI=1S/C13H28N2O/c1-5-15-8-6-7-12(15)9-14(4)10-13(2,3)11-16/h12,16H,5-11H2,1-4H3. The molecule has 0 spiro atoms. The number of nitrogens with zero attached hydrogens (tertiary/aromatic N) is 2. The first-order valence-electron chi connectivity index (χ1n) is 6.52. The van der Waals surface area contributed by atoms with Gasteiger partial charge in [0, 0.05) is 31.2 Å². The second kappa shape index (κ2) is 5.99. The van der Waals surface area contributed by atoms with Crippen LogP contribution in [0.5, 0.6) is 0 Å². The van der Waals surface area contributed by atoms with Crippen LogP contribution in [0, 0.1) is 5.41 Å². The number of hydrogen-bond donors (Lipinski definition) is 1. The molecular weight excluding hydrogens is 200 g/mol. The van der Waals surface area contributed by atoms with Crippen LogP contribution in [0.4, 0.5) is 0 Å². The van der Waals surface area contributed by atoms with Gasteiger partial charge in [0.15, 0.2) is 0 Å². The lowest BCUT2D eigenvalue weighted by Gasteiger charge is -2.32. The number of rotatable bonds is 6. The van der Waals surface area contributed by atoms with Gasteiger partial charge in [0.2, 0.25) is 0 Å². The largest absolute Gasteiger partial charge is 0.396 e. The fourth-order valence-electron chi connectivity index (χ4n) is 2.72. The van der Waals surface area contributed by atoms with Crippen molar-refractivity contribution in [1.82, 2.24) is 9.80 Å². The molecule has 0 amide bonds. The first-order chi connectivity index (χ1) is 7.48. The second-order valence-electron chi connectivity index (χ2n) is 5.94. The van der Waals surface area contributed by atoms with Crippen LogP contribution < -0.4 is 0 Å². The van der Waals surface area contributed by atoms with Crippen molar-refractivity contribution in [1.29, 1.82) is 0 Å². The smallest absolute Gasteiger partial charge is 0.0494 e. The molecule has 3 nitrogen and oxygen atoms in total. The second-order valence-corrected chi connectivity index (χ2v) is 5.94. The van der Waals surface area contributed by atoms with Crippen molar-refractivity contribution >= 4 is 0 Å². The fraction of sp³-hybridized carbons (Fsp3) is 1.00. The Morgan fingerprint density at radius 1 is 1.44 bits per heavy atom. The van der Waals surface area contributed by atoms with Gasteiger partial charge in [-0.25, -0.2) is 0 Å². The summed E-state index contributed by atoms with van der Waals surface area (Å²) in [4.78, 5) is 4.94. The predicted octanol–water partition coefficient (Wildman–Crippen LogP) is 1.42. The Labute approximate surface area is 100 Å². The topological polar surface area (TPSA) is 26.7 Å². The summed E-state index contributed by atoms with van der Waals surface area (Å²) in [5, 5.41) is 9.26. The van der Waals surface area contributed by atoms with Gasteiger partial charge in [-0.3, -0.25) is 4.90 Å². The van der Waals surface area contributed by atoms with E-state index in [0.717, 1.165) is 19.1 Å². The normalized spacial score (nSPS) is 23.2. The zero-order valence-electron chi connectivity index (χ0n) is 11.4. The Kier molecular flexibility index (Phi) is 5.22. The molecule has 1 unspecified atom stereocenters. The Morgan fingerprint density at radius 2 is 2.12 bits per heavy atom. The highest BCUT2D eigenvalue weighted by molar-refractivity contribution is 4.82. The van der Waals surface area contributed by atoms with E-state index in [1.807, 2.05) is 0 Å². The van der Waals surface area contributed by atoms with E-state index in [0.29, 0.717) is 0 Å². The van der Waals surface area contributed by atoms with Crippen LogP contribution in [0.25, 0.3) is 0 Å². The van der Waals surface area contributed by atoms with Crippen LogP contribution in [0.1, 0.15) is 33.6 Å². The van der Waals surface area contributed by atoms with Gasteiger partial charge in [-0.05, 0) is 33.0 Å². The molecule has 96 valence electrons. The predicted molar refractivity (Wildman–Crippen MR) is 68.6 cm³/mol. The summed E-state index contributed by atoms with van der Waals surface area (Å²) in [5.41, 5.74) is 0.0183. The van der Waals surface area contributed by atoms with Crippen LogP contribution in [-0.4, -0.2) is 60.8 Å². The third-order valence-electron chi connectivity index (χ3n) is 3.55. The molecule has 0 saturated carbocycles. The number of hydrogen-bond acceptors (Lipinski definition) is 3. The van der Waals surface area contributed by atoms with E-state index in [-0.39, 0.29) is 12.0 Å². The lowest BCUT2D eigenvalue weighted by molar-refractivity contribution is 0.100. The van der Waals surface area contributed by atoms with Gasteiger partial charge in [0.25, 0.3) is 0 Å². The lowest BCUT2D eigenvalue weighted by Crippen LogP contribution is -2.42. The summed E-state index contributed by atoms with van der Waals surface area (Å²) >= 11 is 0. The maximum Gasteiger partial charge on any atom is 0.0494 e. The summed E-state index contributed by atoms with van der Waals surface area (Å²) in [6.45, 7) is 11.3. The minimum absolute atomic E-state index is 0.0183. The molecule has 0 aliphatic carbocycles. The summed E-state index contributed by atoms with van der Waals surface area (Å²) in [5.74, 6) is 0. The van der Waals surface area contributed by atoms with Crippen molar-refractivity contribution in [2.45, 2.75) is 39.7 Å². The maximum absolute atomic E-state index is 9.26. The number of aliphatic hydroxyl groups excluding tert-OH is 1. The number of likely N-dealkylation sites (tertiary alicyclic amines) is 1. The van der Waals surface area contributed by atoms with Crippen LogP contribution >= 0.6 is 0 Å². The zero-order chi connectivity index (χ0) is 12.2. The van der Waals surface area contributed by atoms with Crippen molar-refractivity contribution in [3.05, 3.63) is 0 Å². The summed E-state index contributed by atoms with van der Waals surface area (Å²) in [6.07, 6.45) is 2.67. The first kappa shape index (κ1) is 13.9. The molecule has 1 aliphatic heterocycles. The molecule has 1 saturated heterocycles. The van der Waals surface area contributed by atoms with Gasteiger partial charge in [-0.2, -0.15) is 0 Å². The minimum Gasteiger partial charge on any atom is -0.396 e. The van der Waals surface area contributed by atoms with Gasteiger partial charge >= 0.3 is 0 Å². The molecule has 1 rings (SSSR count). The number of likely N-dealkylation sites (N-methyl/N-ethyl adjacent to an activating group) is 2. The monoisotopic (exact) mass is 228 g/mol. The van der Waals surface area contributed by atoms with E-state index in [1.165, 1.54) is 25.9 Å². The highest BCUT2D eigenvalue weighted by Gasteiger charge is 2.26. The van der Waals surface area contributed by atoms with Crippen LogP contribution in [0.3, 0.4) is 0 Å². The van der Waals surface area contributed by atoms with E-state index >= 15 is 0 Å². The molecule has 0 aromatic rings. The Hall–Kier alpha value is -0.120. The van der Waals surface area contributed by atoms with Crippen molar-refractivity contribution in [3.63, 3.8) is 0 Å². The molecule has 3 heteroatoms. The molecule has 0 aromatic heterocycles. The van der Waals surface area contributed by atoms with Gasteiger partial charge in [-0.1, -0.05) is 20.8 Å². The van der Waals surface area contributed by atoms with Gasteiger partial charge < -0.3 is 10.0 Å². The molecule has 0 bridgehead atoms. The zero-order valence-corrected chi connectivity index (χ0v) is 11.4. The molecule has 0 aromatic carbocycles. The van der Waals surface area contributed by atoms with Gasteiger partial charge in [0.05, 0.1) is 0 Å². The highest BCUT2D eigenvalue weighted by Crippen LogP contribution is 2.20. The third kappa shape index (κ3) is 4.04. The lowest BCUT2D eigenvalue weighted by atomic mass is 9.94. The molecule has 1 N–H and O–H groups in total. The van der Waals surface area contributed by atoms with Gasteiger partial charge in [-0.15, -0.1) is 0 Å². The Morgan fingerprint density at radius 3 is 2.69 bits per heavy atom. The van der Waals surface area contributed by atoms with E-state index in [9.17, 15) is 5.11 Å². The first-order valence-corrected chi connectivity index (χ1v) is 6.52. The van der Waals surface area contributed by atoms with E-state index in [2.05, 4.69) is 37.6 Å². The molecule has 1 atom stereocenters. The summed E-state index contributed by atoms with van der Waals surface area (Å²) < 4.78 is 0. The molecular formula is C13H28N2O. The Balaban J connectivity index is 2.36. The van der Waals surface area contributed by atoms with Crippen LogP contribution in [0.2, 0.25) is 0 Å². The maximum atomic E-state index is 9.26. The van der Waals surface area contributed by atoms with E-state index in [4.69, 9.17) is 0 Å². The van der Waals surface area contributed by atoms with Crippen molar-refractivity contribution in [2.24, 2.45) is 5.41 Å². The molecule has 16 heavy (non-hydrogen) atoms. The van der Waals surface area contributed by atoms with Crippen LogP contribution in [0.15, 0.2) is 0 Å². The molecule has 1 aliphatic rings. The van der Waals surface area contributed by atoms with E-state index in [1.54, 1.807) is 0 Å². The fourth-order valence-corrected chi connectivity index (χ4v) is 2.72.